The van der Waals surface area contributed by atoms with Crippen molar-refractivity contribution < 1.29 is 19.0 Å². The second kappa shape index (κ2) is 8.95. The molecule has 1 amide bonds. The molecule has 0 unspecified atom stereocenters. The number of nitrogens with zero attached hydrogens (tertiary/aromatic N) is 5. The van der Waals surface area contributed by atoms with Crippen LogP contribution in [0.2, 0.25) is 0 Å². The van der Waals surface area contributed by atoms with Gasteiger partial charge in [-0.1, -0.05) is 0 Å². The van der Waals surface area contributed by atoms with E-state index in [1.165, 1.54) is 4.90 Å². The minimum absolute atomic E-state index is 0.144. The Labute approximate surface area is 195 Å². The van der Waals surface area contributed by atoms with Gasteiger partial charge in [0.15, 0.2) is 5.82 Å². The maximum absolute atomic E-state index is 15.0. The summed E-state index contributed by atoms with van der Waals surface area (Å²) >= 11 is 5.36. The minimum atomic E-state index is -0.934. The molecule has 2 aromatic rings. The summed E-state index contributed by atoms with van der Waals surface area (Å²) in [7, 11) is 2.06. The summed E-state index contributed by atoms with van der Waals surface area (Å²) in [5.41, 5.74) is 0.197. The van der Waals surface area contributed by atoms with E-state index >= 15 is 4.39 Å². The van der Waals surface area contributed by atoms with Gasteiger partial charge in [-0.2, -0.15) is 9.97 Å². The van der Waals surface area contributed by atoms with Gasteiger partial charge in [0.25, 0.3) is 0 Å². The number of hydrogen-bond donors (Lipinski definition) is 1. The molecule has 1 atom stereocenters. The molecule has 1 aromatic carbocycles. The number of likely N-dealkylation sites (N-methyl/N-ethyl adjacent to an activating group) is 1. The molecule has 0 aliphatic carbocycles. The summed E-state index contributed by atoms with van der Waals surface area (Å²) in [6, 6.07) is 2.28. The largest absolute Gasteiger partial charge is 0.465 e. The van der Waals surface area contributed by atoms with Gasteiger partial charge in [-0.05, 0) is 71.0 Å². The van der Waals surface area contributed by atoms with E-state index in [-0.39, 0.29) is 11.5 Å². The van der Waals surface area contributed by atoms with Crippen molar-refractivity contribution in [2.75, 3.05) is 51.3 Å². The van der Waals surface area contributed by atoms with Crippen molar-refractivity contribution in [1.82, 2.24) is 19.8 Å². The summed E-state index contributed by atoms with van der Waals surface area (Å²) in [6.45, 7) is 3.14. The van der Waals surface area contributed by atoms with Crippen LogP contribution in [-0.2, 0) is 0 Å². The number of hydrogen-bond acceptors (Lipinski definition) is 6. The van der Waals surface area contributed by atoms with E-state index in [2.05, 4.69) is 60.4 Å². The summed E-state index contributed by atoms with van der Waals surface area (Å²) < 4.78 is 22.0. The van der Waals surface area contributed by atoms with Gasteiger partial charge in [0.05, 0.1) is 4.47 Å². The fraction of sp³-hybridized carbons (Fsp3) is 0.526. The first-order valence-electron chi connectivity index (χ1n) is 9.76. The molecule has 0 radical (unpaired) electrons. The number of piperazine rings is 1. The number of halogens is 3. The van der Waals surface area contributed by atoms with Crippen LogP contribution in [-0.4, -0.2) is 83.4 Å². The van der Waals surface area contributed by atoms with Crippen molar-refractivity contribution in [3.63, 3.8) is 0 Å². The molecular weight excluding hydrogens is 572 g/mol. The van der Waals surface area contributed by atoms with Crippen molar-refractivity contribution in [1.29, 1.82) is 0 Å². The molecule has 2 fully saturated rings. The van der Waals surface area contributed by atoms with E-state index in [0.717, 1.165) is 19.4 Å². The number of carbonyl (C=O) groups is 1. The Bertz CT molecular complexity index is 973. The molecule has 3 heterocycles. The Morgan fingerprint density at radius 3 is 2.70 bits per heavy atom. The van der Waals surface area contributed by atoms with Crippen molar-refractivity contribution in [3.8, 4) is 6.01 Å². The fourth-order valence-electron chi connectivity index (χ4n) is 3.91. The predicted molar refractivity (Wildman–Crippen MR) is 123 cm³/mol. The Hall–Kier alpha value is -1.47. The SMILES string of the molecule is CN1CCC[C@H]1COc1nc(N2CCN(C(=O)O)CC2)c2cc(I)c(Br)c(F)c2n1. The normalized spacial score (nSPS) is 20.2. The van der Waals surface area contributed by atoms with E-state index in [9.17, 15) is 9.90 Å². The molecule has 30 heavy (non-hydrogen) atoms. The second-order valence-corrected chi connectivity index (χ2v) is 9.51. The molecule has 4 rings (SSSR count). The number of aromatic nitrogens is 2. The average molecular weight is 594 g/mol. The van der Waals surface area contributed by atoms with E-state index < -0.39 is 11.9 Å². The maximum Gasteiger partial charge on any atom is 0.407 e. The molecule has 1 N–H and O–H groups in total. The van der Waals surface area contributed by atoms with Gasteiger partial charge >= 0.3 is 12.1 Å². The molecule has 2 saturated heterocycles. The van der Waals surface area contributed by atoms with Gasteiger partial charge < -0.3 is 24.5 Å². The molecule has 11 heteroatoms. The first kappa shape index (κ1) is 21.8. The van der Waals surface area contributed by atoms with Gasteiger partial charge in [0, 0.05) is 41.2 Å². The zero-order valence-corrected chi connectivity index (χ0v) is 20.2. The summed E-state index contributed by atoms with van der Waals surface area (Å²) in [4.78, 5) is 25.8. The van der Waals surface area contributed by atoms with E-state index in [4.69, 9.17) is 4.74 Å². The summed E-state index contributed by atoms with van der Waals surface area (Å²) in [6.07, 6.45) is 1.24. The minimum Gasteiger partial charge on any atom is -0.465 e. The summed E-state index contributed by atoms with van der Waals surface area (Å²) in [5, 5.41) is 9.80. The van der Waals surface area contributed by atoms with Crippen LogP contribution in [0.15, 0.2) is 10.5 Å². The number of rotatable bonds is 4. The van der Waals surface area contributed by atoms with Gasteiger partial charge in [-0.3, -0.25) is 0 Å². The molecule has 0 spiro atoms. The Morgan fingerprint density at radius 2 is 2.07 bits per heavy atom. The molecule has 2 aliphatic heterocycles. The average Bonchev–Trinajstić information content (AvgIpc) is 3.15. The van der Waals surface area contributed by atoms with Crippen molar-refractivity contribution in [2.45, 2.75) is 18.9 Å². The lowest BCUT2D eigenvalue weighted by Crippen LogP contribution is -2.48. The lowest BCUT2D eigenvalue weighted by atomic mass is 10.2. The molecule has 162 valence electrons. The van der Waals surface area contributed by atoms with Crippen molar-refractivity contribution in [3.05, 3.63) is 19.9 Å². The third-order valence-corrected chi connectivity index (χ3v) is 8.08. The Morgan fingerprint density at radius 1 is 1.33 bits per heavy atom. The number of likely N-dealkylation sites (tertiary alicyclic amines) is 1. The molecule has 8 nitrogen and oxygen atoms in total. The highest BCUT2D eigenvalue weighted by molar-refractivity contribution is 14.1. The van der Waals surface area contributed by atoms with Crippen LogP contribution >= 0.6 is 38.5 Å². The highest BCUT2D eigenvalue weighted by atomic mass is 127. The number of fused-ring (bicyclic) bond motifs is 1. The highest BCUT2D eigenvalue weighted by Gasteiger charge is 2.26. The van der Waals surface area contributed by atoms with Crippen LogP contribution in [0, 0.1) is 9.39 Å². The van der Waals surface area contributed by atoms with Crippen molar-refractivity contribution >= 4 is 61.3 Å². The van der Waals surface area contributed by atoms with E-state index in [1.54, 1.807) is 0 Å². The van der Waals surface area contributed by atoms with Gasteiger partial charge in [0.1, 0.15) is 17.9 Å². The van der Waals surface area contributed by atoms with Crippen LogP contribution in [0.4, 0.5) is 15.0 Å². The lowest BCUT2D eigenvalue weighted by Gasteiger charge is -2.34. The highest BCUT2D eigenvalue weighted by Crippen LogP contribution is 2.35. The van der Waals surface area contributed by atoms with E-state index in [1.807, 2.05) is 11.0 Å². The zero-order chi connectivity index (χ0) is 21.4. The number of carboxylic acid groups (broad SMARTS) is 1. The predicted octanol–water partition coefficient (Wildman–Crippen LogP) is 3.41. The Kier molecular flexibility index (Phi) is 6.49. The topological polar surface area (TPSA) is 82.0 Å². The molecular formula is C19H22BrFIN5O3. The fourth-order valence-corrected chi connectivity index (χ4v) is 4.76. The van der Waals surface area contributed by atoms with Crippen molar-refractivity contribution in [2.24, 2.45) is 0 Å². The quantitative estimate of drug-likeness (QED) is 0.430. The molecule has 1 aromatic heterocycles. The van der Waals surface area contributed by atoms with Crippen LogP contribution in [0.3, 0.4) is 0 Å². The smallest absolute Gasteiger partial charge is 0.407 e. The lowest BCUT2D eigenvalue weighted by molar-refractivity contribution is 0.142. The van der Waals surface area contributed by atoms with Crippen LogP contribution in [0.5, 0.6) is 6.01 Å². The molecule has 0 bridgehead atoms. The van der Waals surface area contributed by atoms with Crippen LogP contribution in [0.25, 0.3) is 10.9 Å². The molecule has 2 aliphatic rings. The standard InChI is InChI=1S/C19H22BrFIN5O3/c1-25-4-2-3-11(25)10-30-18-23-16-12(9-13(22)14(20)15(16)21)17(24-18)26-5-7-27(8-6-26)19(28)29/h9,11H,2-8,10H2,1H3,(H,28,29)/t11-/m0/s1. The number of anilines is 1. The monoisotopic (exact) mass is 593 g/mol. The first-order chi connectivity index (χ1) is 14.3. The van der Waals surface area contributed by atoms with Gasteiger partial charge in [-0.15, -0.1) is 0 Å². The third-order valence-electron chi connectivity index (χ3n) is 5.71. The number of benzene rings is 1. The zero-order valence-electron chi connectivity index (χ0n) is 16.4. The van der Waals surface area contributed by atoms with E-state index in [0.29, 0.717) is 58.1 Å². The Balaban J connectivity index is 1.68. The third kappa shape index (κ3) is 4.28. The number of amides is 1. The number of ether oxygens (including phenoxy) is 1. The molecule has 0 saturated carbocycles. The van der Waals surface area contributed by atoms with Gasteiger partial charge in [-0.25, -0.2) is 9.18 Å². The summed E-state index contributed by atoms with van der Waals surface area (Å²) in [5.74, 6) is 0.122. The second-order valence-electron chi connectivity index (χ2n) is 7.56. The maximum atomic E-state index is 15.0. The van der Waals surface area contributed by atoms with Crippen LogP contribution in [0.1, 0.15) is 12.8 Å². The first-order valence-corrected chi connectivity index (χ1v) is 11.6. The van der Waals surface area contributed by atoms with Crippen LogP contribution < -0.4 is 9.64 Å². The van der Waals surface area contributed by atoms with Gasteiger partial charge in [0.2, 0.25) is 0 Å².